The molecule has 130 valence electrons. The van der Waals surface area contributed by atoms with Gasteiger partial charge in [0.05, 0.1) is 18.5 Å². The lowest BCUT2D eigenvalue weighted by Crippen LogP contribution is -2.43. The molecule has 1 amide bonds. The van der Waals surface area contributed by atoms with E-state index in [4.69, 9.17) is 9.47 Å². The molecule has 5 nitrogen and oxygen atoms in total. The SMILES string of the molecule is CCCCCC(C)(OCCC)C(=O)Nc1ccc(OC)nc1C. The number of aromatic nitrogens is 1. The first-order valence-corrected chi connectivity index (χ1v) is 8.43. The second-order valence-electron chi connectivity index (χ2n) is 5.98. The van der Waals surface area contributed by atoms with E-state index in [1.165, 1.54) is 0 Å². The van der Waals surface area contributed by atoms with Crippen LogP contribution in [0.5, 0.6) is 5.88 Å². The molecule has 5 heteroatoms. The summed E-state index contributed by atoms with van der Waals surface area (Å²) in [5.41, 5.74) is 0.610. The number of unbranched alkanes of at least 4 members (excludes halogenated alkanes) is 2. The summed E-state index contributed by atoms with van der Waals surface area (Å²) in [6, 6.07) is 3.55. The number of hydrogen-bond acceptors (Lipinski definition) is 4. The average molecular weight is 322 g/mol. The van der Waals surface area contributed by atoms with Gasteiger partial charge in [-0.1, -0.05) is 33.1 Å². The molecule has 1 aromatic heterocycles. The number of carbonyl (C=O) groups is 1. The lowest BCUT2D eigenvalue weighted by molar-refractivity contribution is -0.140. The first-order chi connectivity index (χ1) is 11.0. The topological polar surface area (TPSA) is 60.5 Å². The fourth-order valence-electron chi connectivity index (χ4n) is 2.33. The van der Waals surface area contributed by atoms with Crippen LogP contribution < -0.4 is 10.1 Å². The highest BCUT2D eigenvalue weighted by Crippen LogP contribution is 2.24. The standard InChI is InChI=1S/C18H30N2O3/c1-6-8-9-12-18(4,23-13-7-2)17(21)20-15-10-11-16(22-5)19-14(15)3/h10-11H,6-9,12-13H2,1-5H3,(H,20,21). The molecule has 0 aliphatic heterocycles. The molecule has 0 bridgehead atoms. The van der Waals surface area contributed by atoms with Crippen LogP contribution >= 0.6 is 0 Å². The summed E-state index contributed by atoms with van der Waals surface area (Å²) < 4.78 is 11.0. The van der Waals surface area contributed by atoms with E-state index in [0.717, 1.165) is 37.8 Å². The van der Waals surface area contributed by atoms with Gasteiger partial charge in [-0.3, -0.25) is 4.79 Å². The third-order valence-electron chi connectivity index (χ3n) is 3.88. The molecule has 0 aliphatic rings. The molecule has 1 rings (SSSR count). The van der Waals surface area contributed by atoms with Crippen LogP contribution in [0.15, 0.2) is 12.1 Å². The van der Waals surface area contributed by atoms with Crippen LogP contribution in [0.3, 0.4) is 0 Å². The number of amides is 1. The number of nitrogens with one attached hydrogen (secondary N) is 1. The van der Waals surface area contributed by atoms with Gasteiger partial charge in [-0.15, -0.1) is 0 Å². The average Bonchev–Trinajstić information content (AvgIpc) is 2.54. The normalized spacial score (nSPS) is 13.4. The minimum absolute atomic E-state index is 0.114. The van der Waals surface area contributed by atoms with Crippen LogP contribution in [-0.4, -0.2) is 30.2 Å². The summed E-state index contributed by atoms with van der Waals surface area (Å²) in [7, 11) is 1.57. The molecule has 0 radical (unpaired) electrons. The van der Waals surface area contributed by atoms with Crippen molar-refractivity contribution in [1.29, 1.82) is 0 Å². The van der Waals surface area contributed by atoms with E-state index in [2.05, 4.69) is 17.2 Å². The monoisotopic (exact) mass is 322 g/mol. The van der Waals surface area contributed by atoms with Crippen molar-refractivity contribution in [3.8, 4) is 5.88 Å². The highest BCUT2D eigenvalue weighted by molar-refractivity contribution is 5.97. The fourth-order valence-corrected chi connectivity index (χ4v) is 2.33. The summed E-state index contributed by atoms with van der Waals surface area (Å²) in [6.07, 6.45) is 4.80. The molecule has 23 heavy (non-hydrogen) atoms. The number of nitrogens with zero attached hydrogens (tertiary/aromatic N) is 1. The van der Waals surface area contributed by atoms with Gasteiger partial charge in [0.1, 0.15) is 5.60 Å². The van der Waals surface area contributed by atoms with Gasteiger partial charge >= 0.3 is 0 Å². The smallest absolute Gasteiger partial charge is 0.256 e. The Labute approximate surface area is 139 Å². The molecule has 0 saturated heterocycles. The Balaban J connectivity index is 2.83. The van der Waals surface area contributed by atoms with Gasteiger partial charge in [0.25, 0.3) is 5.91 Å². The first-order valence-electron chi connectivity index (χ1n) is 8.43. The molecule has 1 N–H and O–H groups in total. The highest BCUT2D eigenvalue weighted by atomic mass is 16.5. The van der Waals surface area contributed by atoms with Gasteiger partial charge in [-0.2, -0.15) is 0 Å². The van der Waals surface area contributed by atoms with Crippen molar-refractivity contribution in [2.24, 2.45) is 0 Å². The molecule has 1 unspecified atom stereocenters. The Morgan fingerprint density at radius 3 is 2.57 bits per heavy atom. The maximum Gasteiger partial charge on any atom is 0.256 e. The summed E-state index contributed by atoms with van der Waals surface area (Å²) >= 11 is 0. The summed E-state index contributed by atoms with van der Waals surface area (Å²) in [6.45, 7) is 8.49. The minimum atomic E-state index is -0.808. The van der Waals surface area contributed by atoms with E-state index in [1.807, 2.05) is 26.8 Å². The predicted octanol–water partition coefficient (Wildman–Crippen LogP) is 4.10. The van der Waals surface area contributed by atoms with Crippen molar-refractivity contribution < 1.29 is 14.3 Å². The van der Waals surface area contributed by atoms with E-state index in [9.17, 15) is 4.79 Å². The molecule has 0 saturated carbocycles. The maximum atomic E-state index is 12.7. The number of ether oxygens (including phenoxy) is 2. The Hall–Kier alpha value is -1.62. The summed E-state index contributed by atoms with van der Waals surface area (Å²) in [4.78, 5) is 17.0. The second-order valence-corrected chi connectivity index (χ2v) is 5.98. The molecule has 1 heterocycles. The fraction of sp³-hybridized carbons (Fsp3) is 0.667. The van der Waals surface area contributed by atoms with Gasteiger partial charge in [0.15, 0.2) is 0 Å². The first kappa shape index (κ1) is 19.4. The number of hydrogen-bond donors (Lipinski definition) is 1. The van der Waals surface area contributed by atoms with E-state index >= 15 is 0 Å². The predicted molar refractivity (Wildman–Crippen MR) is 92.9 cm³/mol. The van der Waals surface area contributed by atoms with Crippen molar-refractivity contribution in [2.75, 3.05) is 19.0 Å². The molecular formula is C18H30N2O3. The molecule has 0 spiro atoms. The van der Waals surface area contributed by atoms with Crippen molar-refractivity contribution in [3.05, 3.63) is 17.8 Å². The van der Waals surface area contributed by atoms with Crippen LogP contribution in [0.1, 0.15) is 58.6 Å². The Morgan fingerprint density at radius 2 is 2.00 bits per heavy atom. The van der Waals surface area contributed by atoms with Crippen molar-refractivity contribution >= 4 is 11.6 Å². The van der Waals surface area contributed by atoms with Crippen molar-refractivity contribution in [3.63, 3.8) is 0 Å². The zero-order valence-corrected chi connectivity index (χ0v) is 15.1. The number of rotatable bonds is 10. The number of pyridine rings is 1. The van der Waals surface area contributed by atoms with E-state index < -0.39 is 5.60 Å². The van der Waals surface area contributed by atoms with Crippen molar-refractivity contribution in [2.45, 2.75) is 65.4 Å². The second kappa shape index (κ2) is 9.50. The van der Waals surface area contributed by atoms with Gasteiger partial charge in [0.2, 0.25) is 5.88 Å². The maximum absolute atomic E-state index is 12.7. The van der Waals surface area contributed by atoms with Crippen LogP contribution in [0.2, 0.25) is 0 Å². The van der Waals surface area contributed by atoms with Crippen LogP contribution in [-0.2, 0) is 9.53 Å². The Bertz CT molecular complexity index is 505. The largest absolute Gasteiger partial charge is 0.481 e. The molecular weight excluding hydrogens is 292 g/mol. The Kier molecular flexibility index (Phi) is 8.03. The van der Waals surface area contributed by atoms with Gasteiger partial charge in [-0.25, -0.2) is 4.98 Å². The molecule has 0 aromatic carbocycles. The van der Waals surface area contributed by atoms with E-state index in [1.54, 1.807) is 13.2 Å². The summed E-state index contributed by atoms with van der Waals surface area (Å²) in [5, 5.41) is 2.96. The van der Waals surface area contributed by atoms with Gasteiger partial charge in [-0.05, 0) is 32.8 Å². The lowest BCUT2D eigenvalue weighted by atomic mass is 9.96. The number of anilines is 1. The van der Waals surface area contributed by atoms with Crippen molar-refractivity contribution in [1.82, 2.24) is 4.98 Å². The lowest BCUT2D eigenvalue weighted by Gasteiger charge is -2.29. The number of aryl methyl sites for hydroxylation is 1. The third kappa shape index (κ3) is 5.82. The van der Waals surface area contributed by atoms with Crippen LogP contribution in [0, 0.1) is 6.92 Å². The highest BCUT2D eigenvalue weighted by Gasteiger charge is 2.33. The summed E-state index contributed by atoms with van der Waals surface area (Å²) in [5.74, 6) is 0.422. The van der Waals surface area contributed by atoms with E-state index in [-0.39, 0.29) is 5.91 Å². The van der Waals surface area contributed by atoms with Crippen LogP contribution in [0.4, 0.5) is 5.69 Å². The molecule has 0 aliphatic carbocycles. The van der Waals surface area contributed by atoms with E-state index in [0.29, 0.717) is 18.2 Å². The zero-order chi connectivity index (χ0) is 17.3. The zero-order valence-electron chi connectivity index (χ0n) is 15.1. The quantitative estimate of drug-likeness (QED) is 0.659. The third-order valence-corrected chi connectivity index (χ3v) is 3.88. The molecule has 1 atom stereocenters. The minimum Gasteiger partial charge on any atom is -0.481 e. The number of carbonyl (C=O) groups excluding carboxylic acids is 1. The molecule has 0 fully saturated rings. The Morgan fingerprint density at radius 1 is 1.26 bits per heavy atom. The van der Waals surface area contributed by atoms with Crippen LogP contribution in [0.25, 0.3) is 0 Å². The molecule has 1 aromatic rings. The number of methoxy groups -OCH3 is 1. The van der Waals surface area contributed by atoms with Gasteiger partial charge < -0.3 is 14.8 Å². The van der Waals surface area contributed by atoms with Gasteiger partial charge in [0, 0.05) is 12.7 Å².